The van der Waals surface area contributed by atoms with Gasteiger partial charge in [0.2, 0.25) is 5.95 Å². The van der Waals surface area contributed by atoms with Crippen LogP contribution in [0.1, 0.15) is 40.9 Å². The minimum atomic E-state index is -0.400. The average Bonchev–Trinajstić information content (AvgIpc) is 3.40. The number of rotatable bonds is 6. The van der Waals surface area contributed by atoms with Gasteiger partial charge in [0.05, 0.1) is 24.8 Å². The molecule has 1 aromatic carbocycles. The van der Waals surface area contributed by atoms with Crippen LogP contribution in [0.5, 0.6) is 0 Å². The molecule has 1 aliphatic rings. The second-order valence-electron chi connectivity index (χ2n) is 7.04. The number of anilines is 1. The molecular weight excluding hydrogens is 388 g/mol. The third-order valence-corrected chi connectivity index (χ3v) is 5.96. The number of piperidine rings is 1. The van der Waals surface area contributed by atoms with Crippen molar-refractivity contribution >= 4 is 23.7 Å². The van der Waals surface area contributed by atoms with Crippen molar-refractivity contribution in [3.63, 3.8) is 0 Å². The van der Waals surface area contributed by atoms with Crippen LogP contribution in [-0.2, 0) is 10.5 Å². The summed E-state index contributed by atoms with van der Waals surface area (Å²) >= 11 is 1.49. The van der Waals surface area contributed by atoms with E-state index >= 15 is 0 Å². The van der Waals surface area contributed by atoms with Gasteiger partial charge in [-0.3, -0.25) is 4.57 Å². The monoisotopic (exact) mass is 412 g/mol. The van der Waals surface area contributed by atoms with Gasteiger partial charge in [0.15, 0.2) is 5.16 Å². The Bertz CT molecular complexity index is 974. The minimum Gasteiger partial charge on any atom is -0.468 e. The van der Waals surface area contributed by atoms with Crippen molar-refractivity contribution in [2.45, 2.75) is 37.1 Å². The molecule has 0 N–H and O–H groups in total. The Morgan fingerprint density at radius 1 is 1.14 bits per heavy atom. The fourth-order valence-electron chi connectivity index (χ4n) is 3.45. The van der Waals surface area contributed by atoms with Gasteiger partial charge in [-0.05, 0) is 44.4 Å². The molecule has 0 spiro atoms. The molecule has 7 nitrogen and oxygen atoms in total. The summed E-state index contributed by atoms with van der Waals surface area (Å²) in [5.74, 6) is 1.49. The first kappa shape index (κ1) is 19.6. The molecule has 1 saturated heterocycles. The summed E-state index contributed by atoms with van der Waals surface area (Å²) in [4.78, 5) is 14.2. The third-order valence-electron chi connectivity index (χ3n) is 5.03. The van der Waals surface area contributed by atoms with Crippen molar-refractivity contribution in [2.24, 2.45) is 0 Å². The summed E-state index contributed by atoms with van der Waals surface area (Å²) in [6.45, 7) is 4.04. The molecule has 0 amide bonds. The molecule has 4 rings (SSSR count). The predicted molar refractivity (Wildman–Crippen MR) is 112 cm³/mol. The van der Waals surface area contributed by atoms with E-state index in [1.807, 2.05) is 0 Å². The van der Waals surface area contributed by atoms with E-state index in [4.69, 9.17) is 9.15 Å². The van der Waals surface area contributed by atoms with Gasteiger partial charge >= 0.3 is 5.97 Å². The molecule has 0 atom stereocenters. The summed E-state index contributed by atoms with van der Waals surface area (Å²) in [5, 5.41) is 9.73. The summed E-state index contributed by atoms with van der Waals surface area (Å²) in [6, 6.07) is 9.98. The lowest BCUT2D eigenvalue weighted by molar-refractivity contribution is 0.0598. The lowest BCUT2D eigenvalue weighted by Crippen LogP contribution is -2.31. The van der Waals surface area contributed by atoms with Crippen LogP contribution in [-0.4, -0.2) is 40.9 Å². The van der Waals surface area contributed by atoms with E-state index in [0.717, 1.165) is 42.7 Å². The van der Waals surface area contributed by atoms with Crippen LogP contribution in [0.15, 0.2) is 46.2 Å². The second kappa shape index (κ2) is 8.73. The van der Waals surface area contributed by atoms with E-state index < -0.39 is 5.97 Å². The zero-order valence-corrected chi connectivity index (χ0v) is 17.4. The molecule has 152 valence electrons. The molecule has 1 aliphatic heterocycles. The van der Waals surface area contributed by atoms with Crippen LogP contribution >= 0.6 is 11.8 Å². The maximum Gasteiger partial charge on any atom is 0.341 e. The molecule has 0 bridgehead atoms. The first-order chi connectivity index (χ1) is 14.2. The number of nitrogens with zero attached hydrogens (tertiary/aromatic N) is 4. The second-order valence-corrected chi connectivity index (χ2v) is 7.98. The topological polar surface area (TPSA) is 73.4 Å². The number of methoxy groups -OCH3 is 1. The first-order valence-electron chi connectivity index (χ1n) is 9.72. The van der Waals surface area contributed by atoms with E-state index in [0.29, 0.717) is 17.1 Å². The molecule has 8 heteroatoms. The normalized spacial score (nSPS) is 14.2. The molecular formula is C21H24N4O3S. The molecule has 3 heterocycles. The number of hydrogen-bond acceptors (Lipinski definition) is 7. The summed E-state index contributed by atoms with van der Waals surface area (Å²) in [7, 11) is 1.37. The number of furan rings is 1. The Labute approximate surface area is 174 Å². The van der Waals surface area contributed by atoms with Gasteiger partial charge in [-0.15, -0.1) is 10.2 Å². The number of carbonyl (C=O) groups is 1. The first-order valence-corrected chi connectivity index (χ1v) is 10.7. The van der Waals surface area contributed by atoms with Crippen molar-refractivity contribution in [1.82, 2.24) is 14.8 Å². The fourth-order valence-corrected chi connectivity index (χ4v) is 4.35. The smallest absolute Gasteiger partial charge is 0.341 e. The van der Waals surface area contributed by atoms with Crippen LogP contribution in [0.2, 0.25) is 0 Å². The van der Waals surface area contributed by atoms with Crippen LogP contribution in [0.25, 0.3) is 5.69 Å². The largest absolute Gasteiger partial charge is 0.468 e. The quantitative estimate of drug-likeness (QED) is 0.443. The van der Waals surface area contributed by atoms with Crippen LogP contribution < -0.4 is 4.90 Å². The number of hydrogen-bond donors (Lipinski definition) is 0. The van der Waals surface area contributed by atoms with Gasteiger partial charge in [-0.25, -0.2) is 4.79 Å². The highest BCUT2D eigenvalue weighted by atomic mass is 32.2. The lowest BCUT2D eigenvalue weighted by atomic mass is 10.1. The van der Waals surface area contributed by atoms with E-state index in [2.05, 4.69) is 50.9 Å². The van der Waals surface area contributed by atoms with Gasteiger partial charge in [0.25, 0.3) is 0 Å². The van der Waals surface area contributed by atoms with Crippen molar-refractivity contribution in [2.75, 3.05) is 25.1 Å². The molecule has 0 saturated carbocycles. The molecule has 0 aliphatic carbocycles. The Balaban J connectivity index is 1.64. The zero-order valence-electron chi connectivity index (χ0n) is 16.6. The third kappa shape index (κ3) is 4.17. The maximum absolute atomic E-state index is 11.9. The SMILES string of the molecule is COC(=O)c1ccoc1CSc1nnc(N2CCCCC2)n1-c1ccc(C)cc1. The number of ether oxygens (including phenoxy) is 1. The Kier molecular flexibility index (Phi) is 5.89. The number of thioether (sulfide) groups is 1. The summed E-state index contributed by atoms with van der Waals surface area (Å²) < 4.78 is 12.4. The Hall–Kier alpha value is -2.74. The van der Waals surface area contributed by atoms with Crippen molar-refractivity contribution in [3.05, 3.63) is 53.5 Å². The van der Waals surface area contributed by atoms with E-state index in [1.165, 1.54) is 37.1 Å². The molecule has 1 fully saturated rings. The molecule has 29 heavy (non-hydrogen) atoms. The average molecular weight is 413 g/mol. The zero-order chi connectivity index (χ0) is 20.2. The minimum absolute atomic E-state index is 0.400. The van der Waals surface area contributed by atoms with Gasteiger partial charge < -0.3 is 14.1 Å². The van der Waals surface area contributed by atoms with Crippen molar-refractivity contribution in [3.8, 4) is 5.69 Å². The highest BCUT2D eigenvalue weighted by molar-refractivity contribution is 7.98. The van der Waals surface area contributed by atoms with Crippen molar-refractivity contribution < 1.29 is 13.9 Å². The number of aryl methyl sites for hydroxylation is 1. The molecule has 0 radical (unpaired) electrons. The highest BCUT2D eigenvalue weighted by Crippen LogP contribution is 2.31. The number of benzene rings is 1. The number of carbonyl (C=O) groups excluding carboxylic acids is 1. The van der Waals surface area contributed by atoms with Crippen molar-refractivity contribution in [1.29, 1.82) is 0 Å². The maximum atomic E-state index is 11.9. The Morgan fingerprint density at radius 2 is 1.90 bits per heavy atom. The fraction of sp³-hybridized carbons (Fsp3) is 0.381. The standard InChI is InChI=1S/C21H24N4O3S/c1-15-6-8-16(9-7-15)25-20(24-11-4-3-5-12-24)22-23-21(25)29-14-18-17(10-13-28-18)19(26)27-2/h6-10,13H,3-5,11-12,14H2,1-2H3. The van der Waals surface area contributed by atoms with E-state index in [1.54, 1.807) is 6.07 Å². The summed E-state index contributed by atoms with van der Waals surface area (Å²) in [6.07, 6.45) is 5.09. The van der Waals surface area contributed by atoms with Crippen LogP contribution in [0.4, 0.5) is 5.95 Å². The lowest BCUT2D eigenvalue weighted by Gasteiger charge is -2.27. The van der Waals surface area contributed by atoms with Gasteiger partial charge in [0.1, 0.15) is 11.3 Å². The Morgan fingerprint density at radius 3 is 2.62 bits per heavy atom. The van der Waals surface area contributed by atoms with Gasteiger partial charge in [-0.2, -0.15) is 0 Å². The highest BCUT2D eigenvalue weighted by Gasteiger charge is 2.23. The van der Waals surface area contributed by atoms with E-state index in [9.17, 15) is 4.79 Å². The van der Waals surface area contributed by atoms with Gasteiger partial charge in [0, 0.05) is 13.1 Å². The molecule has 3 aromatic rings. The number of esters is 1. The summed E-state index contributed by atoms with van der Waals surface area (Å²) in [5.41, 5.74) is 2.67. The van der Waals surface area contributed by atoms with E-state index in [-0.39, 0.29) is 0 Å². The van der Waals surface area contributed by atoms with Gasteiger partial charge in [-0.1, -0.05) is 29.5 Å². The molecule has 2 aromatic heterocycles. The van der Waals surface area contributed by atoms with Crippen LogP contribution in [0, 0.1) is 6.92 Å². The number of aromatic nitrogens is 3. The predicted octanol–water partition coefficient (Wildman–Crippen LogP) is 4.24. The van der Waals surface area contributed by atoms with Crippen LogP contribution in [0.3, 0.4) is 0 Å². The molecule has 0 unspecified atom stereocenters.